The lowest BCUT2D eigenvalue weighted by Crippen LogP contribution is -2.26. The SMILES string of the molecule is CN(Cc1nc(-c2ccccc2)no1)C(=O)c1ccc(OCc2ccccc2)cc1. The quantitative estimate of drug-likeness (QED) is 0.455. The van der Waals surface area contributed by atoms with Gasteiger partial charge in [-0.1, -0.05) is 65.8 Å². The van der Waals surface area contributed by atoms with E-state index in [9.17, 15) is 4.79 Å². The molecular formula is C24H21N3O3. The Labute approximate surface area is 174 Å². The van der Waals surface area contributed by atoms with Crippen molar-refractivity contribution in [2.45, 2.75) is 13.2 Å². The van der Waals surface area contributed by atoms with Gasteiger partial charge in [0.15, 0.2) is 0 Å². The largest absolute Gasteiger partial charge is 0.489 e. The molecule has 0 N–H and O–H groups in total. The molecule has 0 aliphatic carbocycles. The molecule has 3 aromatic carbocycles. The van der Waals surface area contributed by atoms with Gasteiger partial charge in [0.2, 0.25) is 11.7 Å². The van der Waals surface area contributed by atoms with E-state index in [1.807, 2.05) is 60.7 Å². The predicted molar refractivity (Wildman–Crippen MR) is 113 cm³/mol. The van der Waals surface area contributed by atoms with Crippen LogP contribution < -0.4 is 4.74 Å². The Kier molecular flexibility index (Phi) is 5.85. The number of carbonyl (C=O) groups is 1. The van der Waals surface area contributed by atoms with Crippen molar-refractivity contribution in [1.29, 1.82) is 0 Å². The van der Waals surface area contributed by atoms with E-state index in [1.54, 1.807) is 36.2 Å². The van der Waals surface area contributed by atoms with Crippen molar-refractivity contribution in [3.63, 3.8) is 0 Å². The van der Waals surface area contributed by atoms with Crippen LogP contribution in [0.4, 0.5) is 0 Å². The normalized spacial score (nSPS) is 10.6. The van der Waals surface area contributed by atoms with Crippen molar-refractivity contribution in [3.05, 3.63) is 102 Å². The monoisotopic (exact) mass is 399 g/mol. The van der Waals surface area contributed by atoms with Crippen LogP contribution in [0.1, 0.15) is 21.8 Å². The second kappa shape index (κ2) is 9.05. The van der Waals surface area contributed by atoms with Gasteiger partial charge in [-0.3, -0.25) is 4.79 Å². The molecule has 0 radical (unpaired) electrons. The second-order valence-corrected chi connectivity index (χ2v) is 6.84. The zero-order chi connectivity index (χ0) is 20.8. The lowest BCUT2D eigenvalue weighted by molar-refractivity contribution is 0.0769. The third-order valence-electron chi connectivity index (χ3n) is 4.57. The molecule has 0 aliphatic heterocycles. The number of ether oxygens (including phenoxy) is 1. The fourth-order valence-electron chi connectivity index (χ4n) is 2.95. The highest BCUT2D eigenvalue weighted by atomic mass is 16.5. The third-order valence-corrected chi connectivity index (χ3v) is 4.57. The smallest absolute Gasteiger partial charge is 0.254 e. The van der Waals surface area contributed by atoms with Gasteiger partial charge in [0.1, 0.15) is 12.4 Å². The summed E-state index contributed by atoms with van der Waals surface area (Å²) in [6.45, 7) is 0.708. The maximum absolute atomic E-state index is 12.7. The van der Waals surface area contributed by atoms with E-state index in [1.165, 1.54) is 0 Å². The molecule has 0 atom stereocenters. The Hall–Kier alpha value is -3.93. The van der Waals surface area contributed by atoms with Crippen molar-refractivity contribution in [3.8, 4) is 17.1 Å². The fraction of sp³-hybridized carbons (Fsp3) is 0.125. The molecular weight excluding hydrogens is 378 g/mol. The molecule has 150 valence electrons. The molecule has 0 fully saturated rings. The topological polar surface area (TPSA) is 68.5 Å². The van der Waals surface area contributed by atoms with Crippen molar-refractivity contribution < 1.29 is 14.1 Å². The van der Waals surface area contributed by atoms with Crippen LogP contribution in [-0.2, 0) is 13.2 Å². The Morgan fingerprint density at radius 3 is 2.30 bits per heavy atom. The Morgan fingerprint density at radius 1 is 0.933 bits per heavy atom. The summed E-state index contributed by atoms with van der Waals surface area (Å²) in [5.74, 6) is 1.46. The number of benzene rings is 3. The molecule has 0 saturated carbocycles. The van der Waals surface area contributed by atoms with Gasteiger partial charge in [-0.2, -0.15) is 4.98 Å². The lowest BCUT2D eigenvalue weighted by Gasteiger charge is -2.15. The Bertz CT molecular complexity index is 1090. The molecule has 1 heterocycles. The van der Waals surface area contributed by atoms with Crippen LogP contribution in [0.5, 0.6) is 5.75 Å². The first-order chi connectivity index (χ1) is 14.7. The van der Waals surface area contributed by atoms with Crippen LogP contribution in [-0.4, -0.2) is 28.0 Å². The minimum Gasteiger partial charge on any atom is -0.489 e. The van der Waals surface area contributed by atoms with Gasteiger partial charge in [0.05, 0.1) is 6.54 Å². The van der Waals surface area contributed by atoms with E-state index in [0.29, 0.717) is 29.6 Å². The minimum absolute atomic E-state index is 0.135. The van der Waals surface area contributed by atoms with Crippen molar-refractivity contribution in [1.82, 2.24) is 15.0 Å². The van der Waals surface area contributed by atoms with Gasteiger partial charge >= 0.3 is 0 Å². The average molecular weight is 399 g/mol. The Morgan fingerprint density at radius 2 is 1.60 bits per heavy atom. The van der Waals surface area contributed by atoms with Gasteiger partial charge in [0, 0.05) is 18.2 Å². The first-order valence-corrected chi connectivity index (χ1v) is 9.59. The van der Waals surface area contributed by atoms with Crippen LogP contribution in [0.3, 0.4) is 0 Å². The van der Waals surface area contributed by atoms with E-state index in [-0.39, 0.29) is 12.5 Å². The second-order valence-electron chi connectivity index (χ2n) is 6.84. The molecule has 0 unspecified atom stereocenters. The molecule has 4 rings (SSSR count). The van der Waals surface area contributed by atoms with Gasteiger partial charge in [-0.05, 0) is 29.8 Å². The number of amides is 1. The zero-order valence-corrected chi connectivity index (χ0v) is 16.6. The summed E-state index contributed by atoms with van der Waals surface area (Å²) >= 11 is 0. The Balaban J connectivity index is 1.35. The predicted octanol–water partition coefficient (Wildman–Crippen LogP) is 4.59. The van der Waals surface area contributed by atoms with Gasteiger partial charge in [0.25, 0.3) is 5.91 Å². The third kappa shape index (κ3) is 4.72. The summed E-state index contributed by atoms with van der Waals surface area (Å²) in [6.07, 6.45) is 0. The molecule has 6 heteroatoms. The first kappa shape index (κ1) is 19.4. The van der Waals surface area contributed by atoms with E-state index in [2.05, 4.69) is 10.1 Å². The number of carbonyl (C=O) groups excluding carboxylic acids is 1. The zero-order valence-electron chi connectivity index (χ0n) is 16.6. The van der Waals surface area contributed by atoms with E-state index < -0.39 is 0 Å². The summed E-state index contributed by atoms with van der Waals surface area (Å²) < 4.78 is 11.1. The van der Waals surface area contributed by atoms with Gasteiger partial charge in [-0.25, -0.2) is 0 Å². The number of hydrogen-bond donors (Lipinski definition) is 0. The highest BCUT2D eigenvalue weighted by molar-refractivity contribution is 5.94. The molecule has 6 nitrogen and oxygen atoms in total. The molecule has 4 aromatic rings. The maximum atomic E-state index is 12.7. The van der Waals surface area contributed by atoms with Gasteiger partial charge in [-0.15, -0.1) is 0 Å². The van der Waals surface area contributed by atoms with Crippen molar-refractivity contribution in [2.24, 2.45) is 0 Å². The first-order valence-electron chi connectivity index (χ1n) is 9.59. The van der Waals surface area contributed by atoms with Crippen molar-refractivity contribution in [2.75, 3.05) is 7.05 Å². The van der Waals surface area contributed by atoms with Crippen LogP contribution in [0.15, 0.2) is 89.5 Å². The summed E-state index contributed by atoms with van der Waals surface area (Å²) in [4.78, 5) is 18.6. The number of aromatic nitrogens is 2. The standard InChI is InChI=1S/C24H21N3O3/c1-27(16-22-25-23(26-30-22)19-10-6-3-7-11-19)24(28)20-12-14-21(15-13-20)29-17-18-8-4-2-5-9-18/h2-15H,16-17H2,1H3. The van der Waals surface area contributed by atoms with E-state index in [4.69, 9.17) is 9.26 Å². The van der Waals surface area contributed by atoms with Crippen LogP contribution in [0, 0.1) is 0 Å². The fourth-order valence-corrected chi connectivity index (χ4v) is 2.95. The van der Waals surface area contributed by atoms with E-state index in [0.717, 1.165) is 11.1 Å². The summed E-state index contributed by atoms with van der Waals surface area (Å²) in [5, 5.41) is 3.99. The lowest BCUT2D eigenvalue weighted by atomic mass is 10.2. The highest BCUT2D eigenvalue weighted by Crippen LogP contribution is 2.18. The molecule has 0 saturated heterocycles. The summed E-state index contributed by atoms with van der Waals surface area (Å²) in [5.41, 5.74) is 2.52. The number of nitrogens with zero attached hydrogens (tertiary/aromatic N) is 3. The van der Waals surface area contributed by atoms with Crippen LogP contribution in [0.2, 0.25) is 0 Å². The summed E-state index contributed by atoms with van der Waals surface area (Å²) in [7, 11) is 1.70. The molecule has 1 aromatic heterocycles. The van der Waals surface area contributed by atoms with Crippen LogP contribution >= 0.6 is 0 Å². The molecule has 0 aliphatic rings. The van der Waals surface area contributed by atoms with Crippen molar-refractivity contribution >= 4 is 5.91 Å². The maximum Gasteiger partial charge on any atom is 0.254 e. The van der Waals surface area contributed by atoms with E-state index >= 15 is 0 Å². The minimum atomic E-state index is -0.135. The average Bonchev–Trinajstić information content (AvgIpc) is 3.27. The number of hydrogen-bond acceptors (Lipinski definition) is 5. The van der Waals surface area contributed by atoms with Crippen LogP contribution in [0.25, 0.3) is 11.4 Å². The highest BCUT2D eigenvalue weighted by Gasteiger charge is 2.16. The molecule has 0 bridgehead atoms. The summed E-state index contributed by atoms with van der Waals surface area (Å²) in [6, 6.07) is 26.6. The number of rotatable bonds is 7. The molecule has 30 heavy (non-hydrogen) atoms. The molecule has 0 spiro atoms. The molecule has 1 amide bonds. The van der Waals surface area contributed by atoms with Gasteiger partial charge < -0.3 is 14.2 Å².